The number of rotatable bonds is 9. The van der Waals surface area contributed by atoms with Gasteiger partial charge in [-0.25, -0.2) is 9.18 Å². The van der Waals surface area contributed by atoms with Gasteiger partial charge >= 0.3 is 5.97 Å². The van der Waals surface area contributed by atoms with Crippen LogP contribution in [-0.4, -0.2) is 17.7 Å². The molecule has 3 aromatic rings. The SMILES string of the molecule is CCOc1cc(CNc2ccc(Cl)c(C(=O)O)c2)cc(Br)c1OCc1c(F)cccc1Cl. The highest BCUT2D eigenvalue weighted by Gasteiger charge is 2.15. The molecular weight excluding hydrogens is 524 g/mol. The number of carboxylic acids is 1. The first kappa shape index (κ1) is 24.2. The molecule has 0 aliphatic carbocycles. The molecule has 0 atom stereocenters. The molecule has 5 nitrogen and oxygen atoms in total. The van der Waals surface area contributed by atoms with Crippen LogP contribution in [0.3, 0.4) is 0 Å². The van der Waals surface area contributed by atoms with Gasteiger partial charge in [-0.1, -0.05) is 29.3 Å². The molecule has 0 amide bonds. The topological polar surface area (TPSA) is 67.8 Å². The Balaban J connectivity index is 1.79. The number of carboxylic acid groups (broad SMARTS) is 1. The predicted octanol–water partition coefficient (Wildman–Crippen LogP) is 7.18. The van der Waals surface area contributed by atoms with Crippen molar-refractivity contribution >= 4 is 50.8 Å². The van der Waals surface area contributed by atoms with E-state index in [1.807, 2.05) is 13.0 Å². The number of ether oxygens (including phenoxy) is 2. The van der Waals surface area contributed by atoms with Crippen molar-refractivity contribution in [1.29, 1.82) is 0 Å². The molecule has 0 spiro atoms. The van der Waals surface area contributed by atoms with Gasteiger partial charge in [0.15, 0.2) is 11.5 Å². The van der Waals surface area contributed by atoms with E-state index in [1.165, 1.54) is 24.3 Å². The third-order valence-corrected chi connectivity index (χ3v) is 5.76. The monoisotopic (exact) mass is 541 g/mol. The van der Waals surface area contributed by atoms with Crippen LogP contribution in [0, 0.1) is 5.82 Å². The van der Waals surface area contributed by atoms with Gasteiger partial charge in [0.25, 0.3) is 0 Å². The second-order valence-electron chi connectivity index (χ2n) is 6.68. The molecule has 0 aliphatic rings. The lowest BCUT2D eigenvalue weighted by atomic mass is 10.1. The molecule has 0 aliphatic heterocycles. The van der Waals surface area contributed by atoms with Gasteiger partial charge < -0.3 is 19.9 Å². The Morgan fingerprint density at radius 3 is 2.59 bits per heavy atom. The number of benzene rings is 3. The Kier molecular flexibility index (Phi) is 8.23. The van der Waals surface area contributed by atoms with Crippen LogP contribution in [0.25, 0.3) is 0 Å². The van der Waals surface area contributed by atoms with Crippen LogP contribution in [0.15, 0.2) is 53.0 Å². The number of halogens is 4. The van der Waals surface area contributed by atoms with Gasteiger partial charge in [-0.05, 0) is 70.9 Å². The van der Waals surface area contributed by atoms with Crippen LogP contribution in [-0.2, 0) is 13.2 Å². The summed E-state index contributed by atoms with van der Waals surface area (Å²) in [5, 5.41) is 12.8. The standard InChI is InChI=1S/C23H19BrCl2FNO4/c1-2-31-21-9-13(11-28-14-6-7-19(26)15(10-14)23(29)30)8-17(24)22(21)32-12-16-18(25)4-3-5-20(16)27/h3-10,28H,2,11-12H2,1H3,(H,29,30). The maximum atomic E-state index is 14.1. The minimum atomic E-state index is -1.10. The first-order valence-corrected chi connectivity index (χ1v) is 11.1. The maximum absolute atomic E-state index is 14.1. The van der Waals surface area contributed by atoms with Crippen molar-refractivity contribution in [2.75, 3.05) is 11.9 Å². The van der Waals surface area contributed by atoms with Gasteiger partial charge in [0, 0.05) is 17.8 Å². The minimum Gasteiger partial charge on any atom is -0.490 e. The van der Waals surface area contributed by atoms with Crippen molar-refractivity contribution in [1.82, 2.24) is 0 Å². The highest BCUT2D eigenvalue weighted by Crippen LogP contribution is 2.38. The third-order valence-electron chi connectivity index (χ3n) is 4.49. The Morgan fingerprint density at radius 2 is 1.91 bits per heavy atom. The first-order chi connectivity index (χ1) is 15.3. The second-order valence-corrected chi connectivity index (χ2v) is 8.35. The van der Waals surface area contributed by atoms with Gasteiger partial charge in [0.1, 0.15) is 12.4 Å². The molecule has 0 fully saturated rings. The molecule has 32 heavy (non-hydrogen) atoms. The molecule has 0 saturated heterocycles. The quantitative estimate of drug-likeness (QED) is 0.299. The number of hydrogen-bond acceptors (Lipinski definition) is 4. The van der Waals surface area contributed by atoms with E-state index in [2.05, 4.69) is 21.2 Å². The Bertz CT molecular complexity index is 1120. The Labute approximate surface area is 203 Å². The lowest BCUT2D eigenvalue weighted by Crippen LogP contribution is -2.06. The van der Waals surface area contributed by atoms with Gasteiger partial charge in [-0.15, -0.1) is 0 Å². The second kappa shape index (κ2) is 10.9. The summed E-state index contributed by atoms with van der Waals surface area (Å²) in [6.45, 7) is 2.57. The summed E-state index contributed by atoms with van der Waals surface area (Å²) < 4.78 is 26.3. The smallest absolute Gasteiger partial charge is 0.337 e. The molecular formula is C23H19BrCl2FNO4. The predicted molar refractivity (Wildman–Crippen MR) is 127 cm³/mol. The van der Waals surface area contributed by atoms with Crippen LogP contribution in [0.5, 0.6) is 11.5 Å². The lowest BCUT2D eigenvalue weighted by Gasteiger charge is -2.17. The summed E-state index contributed by atoms with van der Waals surface area (Å²) in [5.74, 6) is -0.643. The van der Waals surface area contributed by atoms with E-state index in [4.69, 9.17) is 32.7 Å². The summed E-state index contributed by atoms with van der Waals surface area (Å²) in [4.78, 5) is 11.3. The zero-order chi connectivity index (χ0) is 23.3. The molecule has 3 aromatic carbocycles. The lowest BCUT2D eigenvalue weighted by molar-refractivity contribution is 0.0697. The van der Waals surface area contributed by atoms with Crippen LogP contribution < -0.4 is 14.8 Å². The summed E-state index contributed by atoms with van der Waals surface area (Å²) >= 11 is 15.5. The van der Waals surface area contributed by atoms with Crippen LogP contribution in [0.2, 0.25) is 10.0 Å². The largest absolute Gasteiger partial charge is 0.490 e. The minimum absolute atomic E-state index is 0.0170. The van der Waals surface area contributed by atoms with Gasteiger partial charge in [-0.2, -0.15) is 0 Å². The van der Waals surface area contributed by atoms with Crippen molar-refractivity contribution in [2.24, 2.45) is 0 Å². The van der Waals surface area contributed by atoms with Crippen molar-refractivity contribution in [2.45, 2.75) is 20.1 Å². The van der Waals surface area contributed by atoms with Crippen LogP contribution in [0.1, 0.15) is 28.4 Å². The first-order valence-electron chi connectivity index (χ1n) is 9.57. The van der Waals surface area contributed by atoms with E-state index in [1.54, 1.807) is 18.2 Å². The van der Waals surface area contributed by atoms with Crippen molar-refractivity contribution in [3.05, 3.63) is 85.6 Å². The Morgan fingerprint density at radius 1 is 1.12 bits per heavy atom. The average molecular weight is 543 g/mol. The molecule has 0 unspecified atom stereocenters. The Hall–Kier alpha value is -2.48. The maximum Gasteiger partial charge on any atom is 0.337 e. The molecule has 0 aromatic heterocycles. The fourth-order valence-electron chi connectivity index (χ4n) is 2.94. The summed E-state index contributed by atoms with van der Waals surface area (Å²) in [6, 6.07) is 12.8. The van der Waals surface area contributed by atoms with E-state index in [9.17, 15) is 14.3 Å². The fraction of sp³-hybridized carbons (Fsp3) is 0.174. The van der Waals surface area contributed by atoms with E-state index in [-0.39, 0.29) is 27.8 Å². The fourth-order valence-corrected chi connectivity index (χ4v) is 3.96. The zero-order valence-corrected chi connectivity index (χ0v) is 20.0. The molecule has 0 bridgehead atoms. The van der Waals surface area contributed by atoms with Crippen LogP contribution >= 0.6 is 39.1 Å². The molecule has 0 radical (unpaired) electrons. The molecule has 3 rings (SSSR count). The summed E-state index contributed by atoms with van der Waals surface area (Å²) in [6.07, 6.45) is 0. The van der Waals surface area contributed by atoms with Gasteiger partial charge in [0.2, 0.25) is 0 Å². The van der Waals surface area contributed by atoms with Crippen molar-refractivity contribution in [3.8, 4) is 11.5 Å². The molecule has 9 heteroatoms. The molecule has 0 saturated carbocycles. The molecule has 0 heterocycles. The zero-order valence-electron chi connectivity index (χ0n) is 16.9. The number of carbonyl (C=O) groups is 1. The number of nitrogens with one attached hydrogen (secondary N) is 1. The van der Waals surface area contributed by atoms with E-state index in [0.29, 0.717) is 34.8 Å². The third kappa shape index (κ3) is 5.85. The molecule has 168 valence electrons. The van der Waals surface area contributed by atoms with Crippen molar-refractivity contribution < 1.29 is 23.8 Å². The number of hydrogen-bond donors (Lipinski definition) is 2. The van der Waals surface area contributed by atoms with Crippen molar-refractivity contribution in [3.63, 3.8) is 0 Å². The number of anilines is 1. The summed E-state index contributed by atoms with van der Waals surface area (Å²) in [7, 11) is 0. The van der Waals surface area contributed by atoms with E-state index in [0.717, 1.165) is 5.56 Å². The highest BCUT2D eigenvalue weighted by molar-refractivity contribution is 9.10. The number of aromatic carboxylic acids is 1. The summed E-state index contributed by atoms with van der Waals surface area (Å²) in [5.41, 5.74) is 1.73. The normalized spacial score (nSPS) is 10.7. The molecule has 2 N–H and O–H groups in total. The van der Waals surface area contributed by atoms with E-state index >= 15 is 0 Å². The van der Waals surface area contributed by atoms with Gasteiger partial charge in [-0.3, -0.25) is 0 Å². The highest BCUT2D eigenvalue weighted by atomic mass is 79.9. The average Bonchev–Trinajstić information content (AvgIpc) is 2.74. The van der Waals surface area contributed by atoms with Gasteiger partial charge in [0.05, 0.1) is 26.7 Å². The van der Waals surface area contributed by atoms with E-state index < -0.39 is 11.8 Å². The van der Waals surface area contributed by atoms with Crippen LogP contribution in [0.4, 0.5) is 10.1 Å².